The molecule has 28 heavy (non-hydrogen) atoms. The van der Waals surface area contributed by atoms with Gasteiger partial charge in [0, 0.05) is 48.8 Å². The second-order valence-corrected chi connectivity index (χ2v) is 7.64. The van der Waals surface area contributed by atoms with Crippen LogP contribution in [-0.4, -0.2) is 55.4 Å². The molecule has 0 bridgehead atoms. The van der Waals surface area contributed by atoms with Crippen LogP contribution in [-0.2, 0) is 0 Å². The summed E-state index contributed by atoms with van der Waals surface area (Å²) in [6.45, 7) is 4.66. The van der Waals surface area contributed by atoms with E-state index in [-0.39, 0.29) is 0 Å². The largest absolute Gasteiger partial charge is 0.490 e. The number of fused-ring (bicyclic) bond motifs is 1. The highest BCUT2D eigenvalue weighted by Gasteiger charge is 2.20. The predicted octanol–water partition coefficient (Wildman–Crippen LogP) is 4.06. The van der Waals surface area contributed by atoms with Crippen molar-refractivity contribution in [2.75, 3.05) is 44.2 Å². The van der Waals surface area contributed by atoms with E-state index in [2.05, 4.69) is 34.1 Å². The first kappa shape index (κ1) is 19.1. The third-order valence-corrected chi connectivity index (χ3v) is 5.47. The lowest BCUT2D eigenvalue weighted by atomic mass is 10.1. The number of rotatable bonds is 6. The Labute approximate surface area is 170 Å². The molecule has 3 aromatic rings. The van der Waals surface area contributed by atoms with Crippen molar-refractivity contribution in [3.63, 3.8) is 0 Å². The summed E-state index contributed by atoms with van der Waals surface area (Å²) in [5, 5.41) is 13.4. The molecule has 1 aliphatic rings. The summed E-state index contributed by atoms with van der Waals surface area (Å²) in [6.07, 6.45) is -0.513. The summed E-state index contributed by atoms with van der Waals surface area (Å²) in [6, 6.07) is 22.1. The molecule has 1 heterocycles. The second kappa shape index (κ2) is 8.82. The van der Waals surface area contributed by atoms with Gasteiger partial charge in [0.2, 0.25) is 0 Å². The highest BCUT2D eigenvalue weighted by Crippen LogP contribution is 2.25. The van der Waals surface area contributed by atoms with E-state index >= 15 is 0 Å². The highest BCUT2D eigenvalue weighted by molar-refractivity contribution is 6.30. The molecule has 1 aliphatic heterocycles. The van der Waals surface area contributed by atoms with Crippen molar-refractivity contribution < 1.29 is 9.84 Å². The molecule has 0 aromatic heterocycles. The number of aliphatic hydroxyl groups is 1. The molecular formula is C23H25ClN2O2. The molecule has 0 saturated carbocycles. The standard InChI is InChI=1S/C23H25ClN2O2/c24-19-8-10-20(11-9-19)26-14-12-25(13-15-26)16-21(27)17-28-23-7-3-5-18-4-1-2-6-22(18)23/h1-11,21,27H,12-17H2/t21-/m0/s1. The minimum Gasteiger partial charge on any atom is -0.490 e. The Balaban J connectivity index is 1.26. The number of hydrogen-bond donors (Lipinski definition) is 1. The molecule has 4 rings (SSSR count). The van der Waals surface area contributed by atoms with Crippen molar-refractivity contribution >= 4 is 28.1 Å². The van der Waals surface area contributed by atoms with E-state index in [1.54, 1.807) is 0 Å². The van der Waals surface area contributed by atoms with E-state index in [9.17, 15) is 5.11 Å². The van der Waals surface area contributed by atoms with Gasteiger partial charge in [0.05, 0.1) is 0 Å². The van der Waals surface area contributed by atoms with Crippen LogP contribution in [0.15, 0.2) is 66.7 Å². The van der Waals surface area contributed by atoms with Gasteiger partial charge in [0.1, 0.15) is 18.5 Å². The summed E-state index contributed by atoms with van der Waals surface area (Å²) in [5.74, 6) is 0.824. The molecule has 1 fully saturated rings. The van der Waals surface area contributed by atoms with E-state index in [0.717, 1.165) is 47.7 Å². The Hall–Kier alpha value is -2.27. The van der Waals surface area contributed by atoms with Gasteiger partial charge in [-0.15, -0.1) is 0 Å². The van der Waals surface area contributed by atoms with Crippen molar-refractivity contribution in [3.8, 4) is 5.75 Å². The zero-order valence-electron chi connectivity index (χ0n) is 15.8. The second-order valence-electron chi connectivity index (χ2n) is 7.21. The van der Waals surface area contributed by atoms with E-state index in [1.165, 1.54) is 5.69 Å². The van der Waals surface area contributed by atoms with Crippen molar-refractivity contribution in [1.29, 1.82) is 0 Å². The molecule has 4 nitrogen and oxygen atoms in total. The lowest BCUT2D eigenvalue weighted by Crippen LogP contribution is -2.49. The van der Waals surface area contributed by atoms with E-state index in [1.807, 2.05) is 42.5 Å². The summed E-state index contributed by atoms with van der Waals surface area (Å²) < 4.78 is 5.92. The van der Waals surface area contributed by atoms with Gasteiger partial charge in [-0.05, 0) is 35.7 Å². The first-order valence-electron chi connectivity index (χ1n) is 9.70. The molecular weight excluding hydrogens is 372 g/mol. The predicted molar refractivity (Wildman–Crippen MR) is 116 cm³/mol. The minimum absolute atomic E-state index is 0.297. The molecule has 146 valence electrons. The maximum Gasteiger partial charge on any atom is 0.127 e. The molecule has 0 unspecified atom stereocenters. The molecule has 1 N–H and O–H groups in total. The van der Waals surface area contributed by atoms with E-state index in [0.29, 0.717) is 13.2 Å². The van der Waals surface area contributed by atoms with Crippen molar-refractivity contribution in [1.82, 2.24) is 4.90 Å². The number of ether oxygens (including phenoxy) is 1. The summed E-state index contributed by atoms with van der Waals surface area (Å²) >= 11 is 5.97. The monoisotopic (exact) mass is 396 g/mol. The topological polar surface area (TPSA) is 35.9 Å². The lowest BCUT2D eigenvalue weighted by Gasteiger charge is -2.36. The maximum absolute atomic E-state index is 10.5. The lowest BCUT2D eigenvalue weighted by molar-refractivity contribution is 0.0668. The fourth-order valence-corrected chi connectivity index (χ4v) is 3.82. The van der Waals surface area contributed by atoms with Crippen LogP contribution < -0.4 is 9.64 Å². The van der Waals surface area contributed by atoms with Crippen molar-refractivity contribution in [3.05, 3.63) is 71.8 Å². The molecule has 0 radical (unpaired) electrons. The Bertz CT molecular complexity index is 903. The van der Waals surface area contributed by atoms with Gasteiger partial charge >= 0.3 is 0 Å². The van der Waals surface area contributed by atoms with Crippen LogP contribution in [0.1, 0.15) is 0 Å². The number of halogens is 1. The Morgan fingerprint density at radius 2 is 1.61 bits per heavy atom. The smallest absolute Gasteiger partial charge is 0.127 e. The normalized spacial score (nSPS) is 16.3. The van der Waals surface area contributed by atoms with Gasteiger partial charge in [0.25, 0.3) is 0 Å². The molecule has 3 aromatic carbocycles. The minimum atomic E-state index is -0.513. The number of piperazine rings is 1. The quantitative estimate of drug-likeness (QED) is 0.681. The van der Waals surface area contributed by atoms with Crippen LogP contribution in [0.3, 0.4) is 0 Å². The summed E-state index contributed by atoms with van der Waals surface area (Å²) in [7, 11) is 0. The zero-order valence-corrected chi connectivity index (χ0v) is 16.6. The number of benzene rings is 3. The van der Waals surface area contributed by atoms with Gasteiger partial charge < -0.3 is 14.7 Å². The van der Waals surface area contributed by atoms with E-state index in [4.69, 9.17) is 16.3 Å². The Morgan fingerprint density at radius 1 is 0.893 bits per heavy atom. The zero-order chi connectivity index (χ0) is 19.3. The highest BCUT2D eigenvalue weighted by atomic mass is 35.5. The van der Waals surface area contributed by atoms with Crippen molar-refractivity contribution in [2.24, 2.45) is 0 Å². The van der Waals surface area contributed by atoms with Crippen molar-refractivity contribution in [2.45, 2.75) is 6.10 Å². The van der Waals surface area contributed by atoms with Crippen LogP contribution in [0.4, 0.5) is 5.69 Å². The van der Waals surface area contributed by atoms with Crippen LogP contribution >= 0.6 is 11.6 Å². The summed E-state index contributed by atoms with van der Waals surface area (Å²) in [4.78, 5) is 4.65. The molecule has 1 atom stereocenters. The third kappa shape index (κ3) is 4.58. The number of β-amino-alcohol motifs (C(OH)–C–C–N with tert-alkyl or cyclic N) is 1. The fourth-order valence-electron chi connectivity index (χ4n) is 3.70. The molecule has 5 heteroatoms. The molecule has 1 saturated heterocycles. The Kier molecular flexibility index (Phi) is 6.01. The number of hydrogen-bond acceptors (Lipinski definition) is 4. The Morgan fingerprint density at radius 3 is 2.39 bits per heavy atom. The number of anilines is 1. The van der Waals surface area contributed by atoms with Crippen LogP contribution in [0.2, 0.25) is 5.02 Å². The molecule has 0 amide bonds. The fraction of sp³-hybridized carbons (Fsp3) is 0.304. The van der Waals surface area contributed by atoms with Crippen LogP contribution in [0.25, 0.3) is 10.8 Å². The van der Waals surface area contributed by atoms with Crippen LogP contribution in [0.5, 0.6) is 5.75 Å². The van der Waals surface area contributed by atoms with Gasteiger partial charge in [-0.1, -0.05) is 48.0 Å². The van der Waals surface area contributed by atoms with Gasteiger partial charge in [-0.25, -0.2) is 0 Å². The van der Waals surface area contributed by atoms with Gasteiger partial charge in [-0.3, -0.25) is 4.90 Å². The molecule has 0 aliphatic carbocycles. The van der Waals surface area contributed by atoms with Crippen LogP contribution in [0, 0.1) is 0 Å². The maximum atomic E-state index is 10.5. The number of nitrogens with zero attached hydrogens (tertiary/aromatic N) is 2. The average Bonchev–Trinajstić information content (AvgIpc) is 2.73. The first-order chi connectivity index (χ1) is 13.7. The average molecular weight is 397 g/mol. The third-order valence-electron chi connectivity index (χ3n) is 5.21. The first-order valence-corrected chi connectivity index (χ1v) is 10.1. The summed E-state index contributed by atoms with van der Waals surface area (Å²) in [5.41, 5.74) is 1.20. The SMILES string of the molecule is O[C@H](COc1cccc2ccccc12)CN1CCN(c2ccc(Cl)cc2)CC1. The number of aliphatic hydroxyl groups excluding tert-OH is 1. The molecule has 0 spiro atoms. The van der Waals surface area contributed by atoms with E-state index < -0.39 is 6.10 Å². The van der Waals surface area contributed by atoms with Gasteiger partial charge in [0.15, 0.2) is 0 Å². The van der Waals surface area contributed by atoms with Gasteiger partial charge in [-0.2, -0.15) is 0 Å².